The summed E-state index contributed by atoms with van der Waals surface area (Å²) in [6, 6.07) is 3.53. The van der Waals surface area contributed by atoms with Gasteiger partial charge in [-0.25, -0.2) is 0 Å². The molecular weight excluding hydrogens is 302 g/mol. The van der Waals surface area contributed by atoms with E-state index in [2.05, 4.69) is 5.32 Å². The molecule has 22 heavy (non-hydrogen) atoms. The van der Waals surface area contributed by atoms with Crippen LogP contribution >= 0.6 is 11.6 Å². The van der Waals surface area contributed by atoms with E-state index in [-0.39, 0.29) is 5.91 Å². The maximum Gasteiger partial charge on any atom is 0.308 e. The van der Waals surface area contributed by atoms with Crippen molar-refractivity contribution in [2.75, 3.05) is 0 Å². The van der Waals surface area contributed by atoms with Crippen molar-refractivity contribution < 1.29 is 14.7 Å². The number of aliphatic carboxylic acids is 1. The number of rotatable bonds is 3. The van der Waals surface area contributed by atoms with Gasteiger partial charge in [0.25, 0.3) is 5.91 Å². The van der Waals surface area contributed by atoms with Gasteiger partial charge < -0.3 is 10.4 Å². The smallest absolute Gasteiger partial charge is 0.308 e. The lowest BCUT2D eigenvalue weighted by Gasteiger charge is -2.39. The van der Waals surface area contributed by atoms with Gasteiger partial charge in [-0.2, -0.15) is 0 Å². The van der Waals surface area contributed by atoms with Crippen LogP contribution in [0.3, 0.4) is 0 Å². The minimum atomic E-state index is -0.853. The van der Waals surface area contributed by atoms with Crippen molar-refractivity contribution in [1.29, 1.82) is 0 Å². The molecule has 0 aliphatic heterocycles. The minimum Gasteiger partial charge on any atom is -0.481 e. The second kappa shape index (κ2) is 6.29. The van der Waals surface area contributed by atoms with Crippen molar-refractivity contribution in [2.24, 2.45) is 5.92 Å². The van der Waals surface area contributed by atoms with E-state index in [0.29, 0.717) is 23.4 Å². The van der Waals surface area contributed by atoms with E-state index >= 15 is 0 Å². The van der Waals surface area contributed by atoms with Crippen LogP contribution in [0.2, 0.25) is 5.02 Å². The third-order valence-corrected chi connectivity index (χ3v) is 5.05. The van der Waals surface area contributed by atoms with Crippen molar-refractivity contribution in [3.63, 3.8) is 0 Å². The van der Waals surface area contributed by atoms with E-state index in [4.69, 9.17) is 11.6 Å². The zero-order valence-corrected chi connectivity index (χ0v) is 14.0. The van der Waals surface area contributed by atoms with E-state index < -0.39 is 17.4 Å². The normalized spacial score (nSPS) is 24.8. The van der Waals surface area contributed by atoms with Crippen LogP contribution in [0.25, 0.3) is 0 Å². The lowest BCUT2D eigenvalue weighted by atomic mass is 9.73. The first-order valence-corrected chi connectivity index (χ1v) is 7.94. The van der Waals surface area contributed by atoms with E-state index in [9.17, 15) is 14.7 Å². The first-order valence-electron chi connectivity index (χ1n) is 7.56. The summed E-state index contributed by atoms with van der Waals surface area (Å²) in [7, 11) is 0. The fourth-order valence-electron chi connectivity index (χ4n) is 3.16. The van der Waals surface area contributed by atoms with Crippen LogP contribution in [-0.4, -0.2) is 22.5 Å². The summed E-state index contributed by atoms with van der Waals surface area (Å²) >= 11 is 6.18. The van der Waals surface area contributed by atoms with E-state index in [0.717, 1.165) is 24.0 Å². The molecule has 1 aliphatic rings. The molecule has 0 aromatic heterocycles. The second-order valence-corrected chi connectivity index (χ2v) is 6.83. The fraction of sp³-hybridized carbons (Fsp3) is 0.529. The highest BCUT2D eigenvalue weighted by Gasteiger charge is 2.42. The third kappa shape index (κ3) is 3.27. The number of aryl methyl sites for hydroxylation is 2. The number of carbonyl (C=O) groups is 2. The number of hydrogen-bond donors (Lipinski definition) is 2. The zero-order valence-electron chi connectivity index (χ0n) is 13.2. The number of benzene rings is 1. The Balaban J connectivity index is 2.27. The Labute approximate surface area is 135 Å². The standard InChI is InChI=1S/C17H22ClNO3/c1-10-8-12(14(18)9-11(10)2)15(20)19-17(3)7-5-4-6-13(17)16(21)22/h8-9,13H,4-7H2,1-3H3,(H,19,20)(H,21,22). The molecule has 1 aromatic rings. The van der Waals surface area contributed by atoms with Crippen LogP contribution in [0.4, 0.5) is 0 Å². The molecule has 0 heterocycles. The number of hydrogen-bond acceptors (Lipinski definition) is 2. The van der Waals surface area contributed by atoms with E-state index in [1.165, 1.54) is 0 Å². The SMILES string of the molecule is Cc1cc(Cl)c(C(=O)NC2(C)CCCCC2C(=O)O)cc1C. The molecule has 0 saturated heterocycles. The van der Waals surface area contributed by atoms with Crippen LogP contribution < -0.4 is 5.32 Å². The third-order valence-electron chi connectivity index (χ3n) is 4.73. The summed E-state index contributed by atoms with van der Waals surface area (Å²) < 4.78 is 0. The molecule has 1 fully saturated rings. The topological polar surface area (TPSA) is 66.4 Å². The van der Waals surface area contributed by atoms with Gasteiger partial charge in [-0.15, -0.1) is 0 Å². The zero-order chi connectivity index (χ0) is 16.5. The predicted octanol–water partition coefficient (Wildman–Crippen LogP) is 3.72. The molecule has 5 heteroatoms. The lowest BCUT2D eigenvalue weighted by molar-refractivity contribution is -0.145. The summed E-state index contributed by atoms with van der Waals surface area (Å²) in [6.45, 7) is 5.68. The molecule has 4 nitrogen and oxygen atoms in total. The lowest BCUT2D eigenvalue weighted by Crippen LogP contribution is -2.55. The number of amides is 1. The van der Waals surface area contributed by atoms with E-state index in [1.54, 1.807) is 12.1 Å². The molecule has 1 saturated carbocycles. The number of carboxylic acids is 1. The second-order valence-electron chi connectivity index (χ2n) is 6.42. The van der Waals surface area contributed by atoms with Gasteiger partial charge in [-0.1, -0.05) is 24.4 Å². The highest BCUT2D eigenvalue weighted by molar-refractivity contribution is 6.34. The maximum absolute atomic E-state index is 12.6. The fourth-order valence-corrected chi connectivity index (χ4v) is 3.46. The molecular formula is C17H22ClNO3. The van der Waals surface area contributed by atoms with Crippen LogP contribution in [0.1, 0.15) is 54.1 Å². The molecule has 0 spiro atoms. The molecule has 1 amide bonds. The van der Waals surface area contributed by atoms with Crippen LogP contribution in [0, 0.1) is 19.8 Å². The summed E-state index contributed by atoms with van der Waals surface area (Å²) in [5.74, 6) is -1.71. The van der Waals surface area contributed by atoms with Gasteiger partial charge in [0.05, 0.1) is 22.0 Å². The molecule has 2 N–H and O–H groups in total. The van der Waals surface area contributed by atoms with Gasteiger partial charge in [0.2, 0.25) is 0 Å². The van der Waals surface area contributed by atoms with Gasteiger partial charge in [0, 0.05) is 0 Å². The minimum absolute atomic E-state index is 0.302. The van der Waals surface area contributed by atoms with Crippen molar-refractivity contribution in [1.82, 2.24) is 5.32 Å². The largest absolute Gasteiger partial charge is 0.481 e. The van der Waals surface area contributed by atoms with Crippen molar-refractivity contribution in [2.45, 2.75) is 52.0 Å². The van der Waals surface area contributed by atoms with Gasteiger partial charge >= 0.3 is 5.97 Å². The average Bonchev–Trinajstić information content (AvgIpc) is 2.42. The van der Waals surface area contributed by atoms with Gasteiger partial charge in [0.1, 0.15) is 0 Å². The molecule has 1 aromatic carbocycles. The molecule has 2 unspecified atom stereocenters. The quantitative estimate of drug-likeness (QED) is 0.891. The van der Waals surface area contributed by atoms with Crippen molar-refractivity contribution >= 4 is 23.5 Å². The van der Waals surface area contributed by atoms with Gasteiger partial charge in [-0.05, 0) is 56.9 Å². The van der Waals surface area contributed by atoms with E-state index in [1.807, 2.05) is 20.8 Å². The Morgan fingerprint density at radius 3 is 2.55 bits per heavy atom. The maximum atomic E-state index is 12.6. The molecule has 0 bridgehead atoms. The number of halogens is 1. The van der Waals surface area contributed by atoms with Crippen LogP contribution in [-0.2, 0) is 4.79 Å². The van der Waals surface area contributed by atoms with Crippen molar-refractivity contribution in [3.8, 4) is 0 Å². The highest BCUT2D eigenvalue weighted by Crippen LogP contribution is 2.34. The Hall–Kier alpha value is -1.55. The van der Waals surface area contributed by atoms with Crippen molar-refractivity contribution in [3.05, 3.63) is 33.8 Å². The monoisotopic (exact) mass is 323 g/mol. The summed E-state index contributed by atoms with van der Waals surface area (Å²) in [4.78, 5) is 24.1. The Morgan fingerprint density at radius 1 is 1.27 bits per heavy atom. The summed E-state index contributed by atoms with van der Waals surface area (Å²) in [6.07, 6.45) is 3.05. The first kappa shape index (κ1) is 16.8. The first-order chi connectivity index (χ1) is 10.2. The Bertz CT molecular complexity index is 614. The molecule has 2 atom stereocenters. The average molecular weight is 324 g/mol. The van der Waals surface area contributed by atoms with Crippen LogP contribution in [0.5, 0.6) is 0 Å². The van der Waals surface area contributed by atoms with Gasteiger partial charge in [0.15, 0.2) is 0 Å². The summed E-state index contributed by atoms with van der Waals surface area (Å²) in [5, 5.41) is 12.7. The number of carbonyl (C=O) groups excluding carboxylic acids is 1. The number of carboxylic acid groups (broad SMARTS) is 1. The van der Waals surface area contributed by atoms with Crippen LogP contribution in [0.15, 0.2) is 12.1 Å². The number of nitrogens with one attached hydrogen (secondary N) is 1. The Morgan fingerprint density at radius 2 is 1.91 bits per heavy atom. The molecule has 2 rings (SSSR count). The molecule has 120 valence electrons. The summed E-state index contributed by atoms with van der Waals surface area (Å²) in [5.41, 5.74) is 1.68. The highest BCUT2D eigenvalue weighted by atomic mass is 35.5. The Kier molecular flexibility index (Phi) is 4.81. The predicted molar refractivity (Wildman–Crippen MR) is 86.4 cm³/mol. The molecule has 1 aliphatic carbocycles. The molecule has 0 radical (unpaired) electrons. The van der Waals surface area contributed by atoms with Gasteiger partial charge in [-0.3, -0.25) is 9.59 Å².